The van der Waals surface area contributed by atoms with Gasteiger partial charge in [0.2, 0.25) is 0 Å². The summed E-state index contributed by atoms with van der Waals surface area (Å²) >= 11 is 0. The number of nitrogens with one attached hydrogen (secondary N) is 1. The number of barbiturate groups is 1. The van der Waals surface area contributed by atoms with Crippen LogP contribution >= 0.6 is 0 Å². The highest BCUT2D eigenvalue weighted by atomic mass is 16.2. The first kappa shape index (κ1) is 20.3. The number of nitrogens with zero attached hydrogens (tertiary/aromatic N) is 2. The van der Waals surface area contributed by atoms with Gasteiger partial charge in [0.25, 0.3) is 11.8 Å². The number of imide groups is 2. The van der Waals surface area contributed by atoms with Crippen molar-refractivity contribution >= 4 is 29.6 Å². The highest BCUT2D eigenvalue weighted by Gasteiger charge is 2.37. The predicted molar refractivity (Wildman–Crippen MR) is 120 cm³/mol. The van der Waals surface area contributed by atoms with Crippen molar-refractivity contribution in [3.8, 4) is 5.69 Å². The van der Waals surface area contributed by atoms with E-state index in [1.54, 1.807) is 18.2 Å². The van der Waals surface area contributed by atoms with E-state index < -0.39 is 17.8 Å². The molecule has 1 aromatic heterocycles. The SMILES string of the molecule is CCc1ccccc1N1C(=O)NC(=O)/C(=C\c2cc(C)n(-c3ccccc3)c2C)C1=O. The zero-order valence-electron chi connectivity index (χ0n) is 17.7. The fraction of sp³-hybridized carbons (Fsp3) is 0.160. The van der Waals surface area contributed by atoms with E-state index in [2.05, 4.69) is 9.88 Å². The second-order valence-corrected chi connectivity index (χ2v) is 7.44. The molecule has 2 heterocycles. The van der Waals surface area contributed by atoms with Gasteiger partial charge < -0.3 is 4.57 Å². The van der Waals surface area contributed by atoms with E-state index >= 15 is 0 Å². The Morgan fingerprint density at radius 3 is 2.32 bits per heavy atom. The molecule has 0 atom stereocenters. The molecule has 0 saturated carbocycles. The first-order valence-electron chi connectivity index (χ1n) is 10.2. The molecule has 0 spiro atoms. The van der Waals surface area contributed by atoms with Gasteiger partial charge in [0, 0.05) is 17.1 Å². The summed E-state index contributed by atoms with van der Waals surface area (Å²) in [7, 11) is 0. The summed E-state index contributed by atoms with van der Waals surface area (Å²) in [6.45, 7) is 5.86. The van der Waals surface area contributed by atoms with Crippen LogP contribution in [0.25, 0.3) is 11.8 Å². The third-order valence-corrected chi connectivity index (χ3v) is 5.50. The Bertz CT molecular complexity index is 1220. The number of aromatic nitrogens is 1. The molecule has 1 N–H and O–H groups in total. The van der Waals surface area contributed by atoms with Crippen molar-refractivity contribution in [3.63, 3.8) is 0 Å². The Kier molecular flexibility index (Phi) is 5.29. The quantitative estimate of drug-likeness (QED) is 0.511. The lowest BCUT2D eigenvalue weighted by Gasteiger charge is -2.27. The van der Waals surface area contributed by atoms with Crippen LogP contribution in [0.1, 0.15) is 29.4 Å². The van der Waals surface area contributed by atoms with Crippen molar-refractivity contribution in [2.75, 3.05) is 4.90 Å². The Labute approximate surface area is 180 Å². The molecule has 6 nitrogen and oxygen atoms in total. The van der Waals surface area contributed by atoms with Gasteiger partial charge in [0.05, 0.1) is 5.69 Å². The van der Waals surface area contributed by atoms with E-state index in [1.807, 2.05) is 69.3 Å². The molecule has 0 unspecified atom stereocenters. The number of rotatable bonds is 4. The summed E-state index contributed by atoms with van der Waals surface area (Å²) in [4.78, 5) is 39.4. The molecule has 0 bridgehead atoms. The zero-order valence-corrected chi connectivity index (χ0v) is 17.7. The van der Waals surface area contributed by atoms with Gasteiger partial charge in [-0.25, -0.2) is 9.69 Å². The lowest BCUT2D eigenvalue weighted by atomic mass is 10.0. The molecule has 4 rings (SSSR count). The summed E-state index contributed by atoms with van der Waals surface area (Å²) in [5.41, 5.74) is 4.88. The zero-order chi connectivity index (χ0) is 22.1. The molecule has 1 fully saturated rings. The van der Waals surface area contributed by atoms with E-state index in [1.165, 1.54) is 0 Å². The molecule has 1 saturated heterocycles. The van der Waals surface area contributed by atoms with Gasteiger partial charge >= 0.3 is 6.03 Å². The number of hydrogen-bond donors (Lipinski definition) is 1. The first-order chi connectivity index (χ1) is 14.9. The highest BCUT2D eigenvalue weighted by Crippen LogP contribution is 2.28. The van der Waals surface area contributed by atoms with E-state index in [0.717, 1.165) is 33.1 Å². The van der Waals surface area contributed by atoms with Crippen LogP contribution in [0, 0.1) is 13.8 Å². The number of anilines is 1. The minimum atomic E-state index is -0.734. The van der Waals surface area contributed by atoms with Crippen LogP contribution in [0.3, 0.4) is 0 Å². The minimum absolute atomic E-state index is 0.0705. The number of urea groups is 1. The molecular formula is C25H23N3O3. The van der Waals surface area contributed by atoms with Gasteiger partial charge in [-0.05, 0) is 61.7 Å². The largest absolute Gasteiger partial charge is 0.335 e. The monoisotopic (exact) mass is 413 g/mol. The summed E-state index contributed by atoms with van der Waals surface area (Å²) in [6, 6.07) is 18.3. The lowest BCUT2D eigenvalue weighted by molar-refractivity contribution is -0.122. The van der Waals surface area contributed by atoms with E-state index in [0.29, 0.717) is 12.1 Å². The summed E-state index contributed by atoms with van der Waals surface area (Å²) in [5.74, 6) is -1.32. The smallest absolute Gasteiger partial charge is 0.318 e. The molecular weight excluding hydrogens is 390 g/mol. The molecule has 0 aliphatic carbocycles. The second-order valence-electron chi connectivity index (χ2n) is 7.44. The molecule has 0 radical (unpaired) electrons. The van der Waals surface area contributed by atoms with Crippen molar-refractivity contribution in [2.45, 2.75) is 27.2 Å². The van der Waals surface area contributed by atoms with Gasteiger partial charge in [0.1, 0.15) is 5.57 Å². The van der Waals surface area contributed by atoms with Gasteiger partial charge in [-0.3, -0.25) is 14.9 Å². The van der Waals surface area contributed by atoms with Crippen LogP contribution in [0.5, 0.6) is 0 Å². The molecule has 156 valence electrons. The molecule has 3 aromatic rings. The normalized spacial score (nSPS) is 15.5. The van der Waals surface area contributed by atoms with Crippen LogP contribution < -0.4 is 10.2 Å². The fourth-order valence-corrected chi connectivity index (χ4v) is 3.97. The van der Waals surface area contributed by atoms with Crippen molar-refractivity contribution < 1.29 is 14.4 Å². The number of carbonyl (C=O) groups excluding carboxylic acids is 3. The Morgan fingerprint density at radius 2 is 1.61 bits per heavy atom. The maximum absolute atomic E-state index is 13.3. The maximum atomic E-state index is 13.3. The maximum Gasteiger partial charge on any atom is 0.335 e. The second kappa shape index (κ2) is 8.07. The number of aryl methyl sites for hydroxylation is 2. The van der Waals surface area contributed by atoms with Gasteiger partial charge in [-0.2, -0.15) is 0 Å². The van der Waals surface area contributed by atoms with Crippen LogP contribution in [-0.2, 0) is 16.0 Å². The number of amides is 4. The lowest BCUT2D eigenvalue weighted by Crippen LogP contribution is -2.54. The van der Waals surface area contributed by atoms with Crippen LogP contribution in [0.15, 0.2) is 66.2 Å². The number of para-hydroxylation sites is 2. The van der Waals surface area contributed by atoms with Crippen molar-refractivity contribution in [2.24, 2.45) is 0 Å². The van der Waals surface area contributed by atoms with Crippen LogP contribution in [0.2, 0.25) is 0 Å². The molecule has 31 heavy (non-hydrogen) atoms. The van der Waals surface area contributed by atoms with Gasteiger partial charge in [0.15, 0.2) is 0 Å². The minimum Gasteiger partial charge on any atom is -0.318 e. The number of carbonyl (C=O) groups is 3. The Balaban J connectivity index is 1.78. The summed E-state index contributed by atoms with van der Waals surface area (Å²) in [6.07, 6.45) is 2.21. The van der Waals surface area contributed by atoms with Crippen molar-refractivity contribution in [1.82, 2.24) is 9.88 Å². The average Bonchev–Trinajstić information content (AvgIpc) is 3.04. The molecule has 4 amide bonds. The van der Waals surface area contributed by atoms with Gasteiger partial charge in [-0.1, -0.05) is 43.3 Å². The molecule has 6 heteroatoms. The number of benzene rings is 2. The standard InChI is InChI=1S/C25H23N3O3/c1-4-18-10-8-9-13-22(18)28-24(30)21(23(29)26-25(28)31)15-19-14-16(2)27(17(19)3)20-11-6-5-7-12-20/h5-15H,4H2,1-3H3,(H,26,29,31)/b21-15+. The van der Waals surface area contributed by atoms with Gasteiger partial charge in [-0.15, -0.1) is 0 Å². The summed E-state index contributed by atoms with van der Waals surface area (Å²) < 4.78 is 2.06. The molecule has 1 aliphatic rings. The topological polar surface area (TPSA) is 71.4 Å². The van der Waals surface area contributed by atoms with E-state index in [4.69, 9.17) is 0 Å². The predicted octanol–water partition coefficient (Wildman–Crippen LogP) is 4.32. The van der Waals surface area contributed by atoms with Crippen LogP contribution in [0.4, 0.5) is 10.5 Å². The van der Waals surface area contributed by atoms with Crippen molar-refractivity contribution in [3.05, 3.63) is 88.8 Å². The Hall–Kier alpha value is -3.93. The number of hydrogen-bond acceptors (Lipinski definition) is 3. The fourth-order valence-electron chi connectivity index (χ4n) is 3.97. The van der Waals surface area contributed by atoms with E-state index in [9.17, 15) is 14.4 Å². The summed E-state index contributed by atoms with van der Waals surface area (Å²) in [5, 5.41) is 2.30. The third-order valence-electron chi connectivity index (χ3n) is 5.50. The average molecular weight is 413 g/mol. The molecule has 2 aromatic carbocycles. The van der Waals surface area contributed by atoms with E-state index in [-0.39, 0.29) is 5.57 Å². The van der Waals surface area contributed by atoms with Crippen LogP contribution in [-0.4, -0.2) is 22.4 Å². The third kappa shape index (κ3) is 3.57. The van der Waals surface area contributed by atoms with Crippen molar-refractivity contribution in [1.29, 1.82) is 0 Å². The Morgan fingerprint density at radius 1 is 0.935 bits per heavy atom. The first-order valence-corrected chi connectivity index (χ1v) is 10.2. The highest BCUT2D eigenvalue weighted by molar-refractivity contribution is 6.39. The molecule has 1 aliphatic heterocycles.